The molecule has 7 heteroatoms. The van der Waals surface area contributed by atoms with E-state index in [1.807, 2.05) is 12.1 Å². The van der Waals surface area contributed by atoms with Crippen LogP contribution in [0, 0.1) is 20.7 Å². The summed E-state index contributed by atoms with van der Waals surface area (Å²) in [6.45, 7) is 0.303. The molecule has 0 aliphatic rings. The van der Waals surface area contributed by atoms with Crippen molar-refractivity contribution in [2.24, 2.45) is 0 Å². The van der Waals surface area contributed by atoms with Crippen LogP contribution >= 0.6 is 34.2 Å². The predicted octanol–water partition coefficient (Wildman–Crippen LogP) is 6.21. The summed E-state index contributed by atoms with van der Waals surface area (Å²) < 4.78 is 19.6. The normalized spacial score (nSPS) is 10.9. The average Bonchev–Trinajstić information content (AvgIpc) is 2.72. The lowest BCUT2D eigenvalue weighted by Crippen LogP contribution is -2.13. The molecule has 3 aromatic carbocycles. The molecule has 0 unspecified atom stereocenters. The minimum absolute atomic E-state index is 0.0363. The summed E-state index contributed by atoms with van der Waals surface area (Å²) in [5.41, 5.74) is 2.01. The molecule has 0 aliphatic heterocycles. The molecule has 0 radical (unpaired) electrons. The number of hydrogen-bond acceptors (Lipinski definition) is 3. The van der Waals surface area contributed by atoms with Crippen LogP contribution in [-0.2, 0) is 11.4 Å². The second kappa shape index (κ2) is 10.2. The molecule has 4 nitrogen and oxygen atoms in total. The monoisotopic (exact) mass is 532 g/mol. The Kier molecular flexibility index (Phi) is 7.44. The molecule has 0 atom stereocenters. The number of benzene rings is 3. The van der Waals surface area contributed by atoms with Gasteiger partial charge >= 0.3 is 0 Å². The van der Waals surface area contributed by atoms with E-state index in [9.17, 15) is 14.4 Å². The van der Waals surface area contributed by atoms with Gasteiger partial charge in [0.2, 0.25) is 0 Å². The summed E-state index contributed by atoms with van der Waals surface area (Å²) in [6.07, 6.45) is 1.51. The standard InChI is InChI=1S/C23H15ClFIN2O2/c24-18-2-1-3-20(12-18)28-23(29)17(13-27)10-16-6-9-22(21(26)11-16)30-14-15-4-7-19(25)8-5-15/h1-12H,14H2,(H,28,29)/b17-10+. The smallest absolute Gasteiger partial charge is 0.266 e. The second-order valence-electron chi connectivity index (χ2n) is 6.24. The molecule has 1 N–H and O–H groups in total. The lowest BCUT2D eigenvalue weighted by atomic mass is 10.1. The molecule has 0 saturated heterocycles. The fourth-order valence-electron chi connectivity index (χ4n) is 2.55. The zero-order valence-electron chi connectivity index (χ0n) is 15.5. The van der Waals surface area contributed by atoms with Gasteiger partial charge in [-0.05, 0) is 82.3 Å². The molecule has 0 aliphatic carbocycles. The van der Waals surface area contributed by atoms with Crippen LogP contribution in [0.3, 0.4) is 0 Å². The van der Waals surface area contributed by atoms with Gasteiger partial charge in [-0.15, -0.1) is 0 Å². The molecule has 150 valence electrons. The highest BCUT2D eigenvalue weighted by Crippen LogP contribution is 2.25. The second-order valence-corrected chi connectivity index (χ2v) is 7.84. The van der Waals surface area contributed by atoms with Gasteiger partial charge in [-0.3, -0.25) is 4.79 Å². The fourth-order valence-corrected chi connectivity index (χ4v) is 3.43. The minimum atomic E-state index is -0.522. The largest absolute Gasteiger partial charge is 0.488 e. The van der Waals surface area contributed by atoms with Crippen molar-refractivity contribution in [2.75, 3.05) is 5.32 Å². The van der Waals surface area contributed by atoms with Crippen molar-refractivity contribution in [1.82, 2.24) is 0 Å². The number of anilines is 1. The number of ether oxygens (including phenoxy) is 1. The summed E-state index contributed by atoms with van der Waals surface area (Å²) in [6, 6.07) is 20.0. The van der Waals surface area contributed by atoms with Crippen LogP contribution in [0.1, 0.15) is 11.1 Å². The average molecular weight is 533 g/mol. The van der Waals surface area contributed by atoms with E-state index in [2.05, 4.69) is 27.9 Å². The van der Waals surface area contributed by atoms with Gasteiger partial charge in [0.25, 0.3) is 5.91 Å². The van der Waals surface area contributed by atoms with Gasteiger partial charge in [0.15, 0.2) is 0 Å². The van der Waals surface area contributed by atoms with E-state index in [4.69, 9.17) is 16.3 Å². The molecule has 0 saturated carbocycles. The van der Waals surface area contributed by atoms with Gasteiger partial charge in [0, 0.05) is 10.7 Å². The van der Waals surface area contributed by atoms with E-state index >= 15 is 0 Å². The highest BCUT2D eigenvalue weighted by atomic mass is 127. The predicted molar refractivity (Wildman–Crippen MR) is 124 cm³/mol. The number of halogens is 3. The highest BCUT2D eigenvalue weighted by Gasteiger charge is 2.11. The number of hydrogen-bond donors (Lipinski definition) is 1. The Morgan fingerprint density at radius 1 is 1.17 bits per heavy atom. The lowest BCUT2D eigenvalue weighted by Gasteiger charge is -2.09. The van der Waals surface area contributed by atoms with Crippen LogP contribution in [0.2, 0.25) is 5.02 Å². The Morgan fingerprint density at radius 3 is 2.60 bits per heavy atom. The molecule has 3 aromatic rings. The van der Waals surface area contributed by atoms with Crippen LogP contribution < -0.4 is 10.1 Å². The van der Waals surface area contributed by atoms with Gasteiger partial charge < -0.3 is 10.1 Å². The molecule has 0 spiro atoms. The van der Waals surface area contributed by atoms with Gasteiger partial charge in [-0.2, -0.15) is 5.26 Å². The van der Waals surface area contributed by atoms with Gasteiger partial charge in [0.05, 0.1) is 3.57 Å². The van der Waals surface area contributed by atoms with Crippen molar-refractivity contribution in [3.8, 4) is 11.8 Å². The molecule has 0 aromatic heterocycles. The SMILES string of the molecule is N#C/C(=C\c1ccc(OCc2ccc(F)cc2)c(I)c1)C(=O)Nc1cccc(Cl)c1. The Labute approximate surface area is 192 Å². The van der Waals surface area contributed by atoms with E-state index in [1.165, 1.54) is 18.2 Å². The summed E-state index contributed by atoms with van der Waals surface area (Å²) in [5, 5.41) is 12.5. The Morgan fingerprint density at radius 2 is 1.93 bits per heavy atom. The zero-order chi connectivity index (χ0) is 21.5. The summed E-state index contributed by atoms with van der Waals surface area (Å²) in [5.74, 6) is -0.164. The fraction of sp³-hybridized carbons (Fsp3) is 0.0435. The molecule has 0 fully saturated rings. The maximum atomic E-state index is 13.0. The highest BCUT2D eigenvalue weighted by molar-refractivity contribution is 14.1. The van der Waals surface area contributed by atoms with Crippen molar-refractivity contribution in [2.45, 2.75) is 6.61 Å². The first-order valence-electron chi connectivity index (χ1n) is 8.80. The summed E-state index contributed by atoms with van der Waals surface area (Å²) in [4.78, 5) is 12.4. The van der Waals surface area contributed by atoms with Crippen LogP contribution in [0.4, 0.5) is 10.1 Å². The van der Waals surface area contributed by atoms with E-state index in [1.54, 1.807) is 48.5 Å². The van der Waals surface area contributed by atoms with Crippen LogP contribution in [-0.4, -0.2) is 5.91 Å². The number of carbonyl (C=O) groups is 1. The third kappa shape index (κ3) is 6.05. The molecule has 0 bridgehead atoms. The van der Waals surface area contributed by atoms with E-state index in [-0.39, 0.29) is 11.4 Å². The van der Waals surface area contributed by atoms with E-state index < -0.39 is 5.91 Å². The molecule has 30 heavy (non-hydrogen) atoms. The third-order valence-corrected chi connectivity index (χ3v) is 5.10. The van der Waals surface area contributed by atoms with Crippen molar-refractivity contribution in [3.05, 3.63) is 97.8 Å². The van der Waals surface area contributed by atoms with Crippen LogP contribution in [0.25, 0.3) is 6.08 Å². The van der Waals surface area contributed by atoms with Crippen molar-refractivity contribution < 1.29 is 13.9 Å². The van der Waals surface area contributed by atoms with Crippen molar-refractivity contribution in [3.63, 3.8) is 0 Å². The zero-order valence-corrected chi connectivity index (χ0v) is 18.4. The number of carbonyl (C=O) groups excluding carboxylic acids is 1. The maximum absolute atomic E-state index is 13.0. The maximum Gasteiger partial charge on any atom is 0.266 e. The summed E-state index contributed by atoms with van der Waals surface area (Å²) in [7, 11) is 0. The minimum Gasteiger partial charge on any atom is -0.488 e. The number of rotatable bonds is 6. The lowest BCUT2D eigenvalue weighted by molar-refractivity contribution is -0.112. The first kappa shape index (κ1) is 21.8. The van der Waals surface area contributed by atoms with E-state index in [0.29, 0.717) is 28.6 Å². The Bertz CT molecular complexity index is 1140. The third-order valence-electron chi connectivity index (χ3n) is 4.02. The molecule has 1 amide bonds. The topological polar surface area (TPSA) is 62.1 Å². The molecular weight excluding hydrogens is 518 g/mol. The van der Waals surface area contributed by atoms with Gasteiger partial charge in [0.1, 0.15) is 29.8 Å². The quantitative estimate of drug-likeness (QED) is 0.233. The van der Waals surface area contributed by atoms with Crippen molar-refractivity contribution >= 4 is 51.9 Å². The molecule has 3 rings (SSSR count). The van der Waals surface area contributed by atoms with Gasteiger partial charge in [-0.1, -0.05) is 35.9 Å². The number of nitrogens with zero attached hydrogens (tertiary/aromatic N) is 1. The van der Waals surface area contributed by atoms with Crippen LogP contribution in [0.5, 0.6) is 5.75 Å². The van der Waals surface area contributed by atoms with Crippen LogP contribution in [0.15, 0.2) is 72.3 Å². The summed E-state index contributed by atoms with van der Waals surface area (Å²) >= 11 is 8.04. The Balaban J connectivity index is 1.70. The molecular formula is C23H15ClFIN2O2. The first-order chi connectivity index (χ1) is 14.4. The number of nitrogens with one attached hydrogen (secondary N) is 1. The van der Waals surface area contributed by atoms with E-state index in [0.717, 1.165) is 9.13 Å². The van der Waals surface area contributed by atoms with Crippen molar-refractivity contribution in [1.29, 1.82) is 5.26 Å². The molecule has 0 heterocycles. The van der Waals surface area contributed by atoms with Gasteiger partial charge in [-0.25, -0.2) is 4.39 Å². The number of nitriles is 1. The first-order valence-corrected chi connectivity index (χ1v) is 10.3. The number of amides is 1. The Hall–Kier alpha value is -2.89.